The molecule has 0 saturated heterocycles. The Morgan fingerprint density at radius 1 is 1.00 bits per heavy atom. The van der Waals surface area contributed by atoms with Gasteiger partial charge in [-0.2, -0.15) is 0 Å². The van der Waals surface area contributed by atoms with Gasteiger partial charge in [-0.1, -0.05) is 36.4 Å². The minimum Gasteiger partial charge on any atom is -0.368 e. The van der Waals surface area contributed by atoms with E-state index in [-0.39, 0.29) is 12.0 Å². The maximum atomic E-state index is 14.1. The molecule has 0 saturated carbocycles. The van der Waals surface area contributed by atoms with Crippen molar-refractivity contribution in [3.05, 3.63) is 101 Å². The zero-order chi connectivity index (χ0) is 26.9. The molecule has 1 aliphatic heterocycles. The zero-order valence-electron chi connectivity index (χ0n) is 20.3. The second-order valence-corrected chi connectivity index (χ2v) is 9.17. The number of fused-ring (bicyclic) bond motifs is 1. The molecule has 0 unspecified atom stereocenters. The maximum Gasteiger partial charge on any atom is 0.250 e. The summed E-state index contributed by atoms with van der Waals surface area (Å²) in [7, 11) is 1.47. The van der Waals surface area contributed by atoms with Gasteiger partial charge in [0.15, 0.2) is 0 Å². The molecule has 0 bridgehead atoms. The largest absolute Gasteiger partial charge is 0.368 e. The van der Waals surface area contributed by atoms with E-state index in [1.807, 2.05) is 0 Å². The lowest BCUT2D eigenvalue weighted by Crippen LogP contribution is -2.59. The van der Waals surface area contributed by atoms with Crippen molar-refractivity contribution in [1.29, 1.82) is 0 Å². The number of nitrogens with two attached hydrogens (primary N) is 1. The summed E-state index contributed by atoms with van der Waals surface area (Å²) in [6.07, 6.45) is -0.215. The Bertz CT molecular complexity index is 1330. The number of hydrogen-bond acceptors (Lipinski definition) is 3. The van der Waals surface area contributed by atoms with Gasteiger partial charge >= 0.3 is 0 Å². The molecule has 1 heterocycles. The number of amides is 3. The van der Waals surface area contributed by atoms with Gasteiger partial charge in [-0.15, -0.1) is 0 Å². The lowest BCUT2D eigenvalue weighted by atomic mass is 9.84. The van der Waals surface area contributed by atoms with E-state index in [1.54, 1.807) is 36.4 Å². The van der Waals surface area contributed by atoms with Crippen LogP contribution in [0.4, 0.5) is 18.9 Å². The first-order chi connectivity index (χ1) is 17.6. The van der Waals surface area contributed by atoms with Crippen LogP contribution in [0.3, 0.4) is 0 Å². The number of primary amides is 1. The topological polar surface area (TPSA) is 83.7 Å². The van der Waals surface area contributed by atoms with Crippen LogP contribution in [0.1, 0.15) is 29.5 Å². The van der Waals surface area contributed by atoms with Crippen LogP contribution in [-0.4, -0.2) is 41.8 Å². The van der Waals surface area contributed by atoms with Gasteiger partial charge < -0.3 is 15.5 Å². The standard InChI is InChI=1S/C28H26F3N3O3/c1-16(27(32)36)34(25(35)12-17-10-21(30)14-22(31)11-17)26-23(18-6-4-3-5-7-18)13-19-8-9-20(29)15-24(19)33(2)28(26)37/h3-11,14-16,23,26H,12-13H2,1-2H3,(H2,32,36)/t16-,23+,26-/m0/s1. The van der Waals surface area contributed by atoms with Crippen molar-refractivity contribution in [2.45, 2.75) is 37.8 Å². The summed E-state index contributed by atoms with van der Waals surface area (Å²) in [6.45, 7) is 1.40. The van der Waals surface area contributed by atoms with Gasteiger partial charge in [0.2, 0.25) is 17.7 Å². The number of benzene rings is 3. The molecule has 0 radical (unpaired) electrons. The van der Waals surface area contributed by atoms with Crippen LogP contribution in [0, 0.1) is 17.5 Å². The monoisotopic (exact) mass is 509 g/mol. The predicted molar refractivity (Wildman–Crippen MR) is 132 cm³/mol. The van der Waals surface area contributed by atoms with E-state index >= 15 is 0 Å². The van der Waals surface area contributed by atoms with E-state index in [4.69, 9.17) is 5.73 Å². The molecule has 37 heavy (non-hydrogen) atoms. The molecular weight excluding hydrogens is 483 g/mol. The molecule has 3 aromatic carbocycles. The Balaban J connectivity index is 1.85. The molecule has 3 amide bonds. The Hall–Kier alpha value is -4.14. The van der Waals surface area contributed by atoms with Crippen molar-refractivity contribution in [3.63, 3.8) is 0 Å². The van der Waals surface area contributed by atoms with Crippen LogP contribution in [0.25, 0.3) is 0 Å². The molecule has 4 rings (SSSR count). The average Bonchev–Trinajstić information content (AvgIpc) is 2.94. The highest BCUT2D eigenvalue weighted by molar-refractivity contribution is 6.02. The van der Waals surface area contributed by atoms with Crippen molar-refractivity contribution in [2.75, 3.05) is 11.9 Å². The second-order valence-electron chi connectivity index (χ2n) is 9.17. The number of hydrogen-bond donors (Lipinski definition) is 1. The van der Waals surface area contributed by atoms with Crippen molar-refractivity contribution >= 4 is 23.4 Å². The quantitative estimate of drug-likeness (QED) is 0.550. The molecule has 3 aromatic rings. The fourth-order valence-corrected chi connectivity index (χ4v) is 4.90. The lowest BCUT2D eigenvalue weighted by Gasteiger charge is -2.39. The molecule has 0 aromatic heterocycles. The summed E-state index contributed by atoms with van der Waals surface area (Å²) in [4.78, 5) is 42.4. The zero-order valence-corrected chi connectivity index (χ0v) is 20.3. The van der Waals surface area contributed by atoms with Crippen LogP contribution in [0.5, 0.6) is 0 Å². The van der Waals surface area contributed by atoms with E-state index in [1.165, 1.54) is 31.0 Å². The first-order valence-electron chi connectivity index (χ1n) is 11.7. The van der Waals surface area contributed by atoms with Gasteiger partial charge in [-0.25, -0.2) is 13.2 Å². The number of anilines is 1. The van der Waals surface area contributed by atoms with Crippen molar-refractivity contribution < 1.29 is 27.6 Å². The Morgan fingerprint density at radius 3 is 2.27 bits per heavy atom. The molecule has 2 N–H and O–H groups in total. The highest BCUT2D eigenvalue weighted by atomic mass is 19.1. The van der Waals surface area contributed by atoms with E-state index in [0.29, 0.717) is 17.3 Å². The number of carbonyl (C=O) groups is 3. The fourth-order valence-electron chi connectivity index (χ4n) is 4.90. The lowest BCUT2D eigenvalue weighted by molar-refractivity contribution is -0.146. The van der Waals surface area contributed by atoms with E-state index in [9.17, 15) is 27.6 Å². The number of rotatable bonds is 6. The number of nitrogens with zero attached hydrogens (tertiary/aromatic N) is 2. The van der Waals surface area contributed by atoms with Crippen LogP contribution in [0.15, 0.2) is 66.7 Å². The highest BCUT2D eigenvalue weighted by Gasteiger charge is 2.44. The minimum absolute atomic E-state index is 0.0419. The van der Waals surface area contributed by atoms with E-state index in [2.05, 4.69) is 0 Å². The first-order valence-corrected chi connectivity index (χ1v) is 11.7. The molecule has 6 nitrogen and oxygen atoms in total. The summed E-state index contributed by atoms with van der Waals surface area (Å²) >= 11 is 0. The molecule has 192 valence electrons. The number of likely N-dealkylation sites (N-methyl/N-ethyl adjacent to an activating group) is 1. The number of carbonyl (C=O) groups excluding carboxylic acids is 3. The summed E-state index contributed by atoms with van der Waals surface area (Å²) in [5.74, 6) is -4.98. The third-order valence-electron chi connectivity index (χ3n) is 6.74. The van der Waals surface area contributed by atoms with Crippen LogP contribution < -0.4 is 10.6 Å². The van der Waals surface area contributed by atoms with E-state index < -0.39 is 59.6 Å². The molecule has 1 aliphatic rings. The third-order valence-corrected chi connectivity index (χ3v) is 6.74. The smallest absolute Gasteiger partial charge is 0.250 e. The molecule has 0 aliphatic carbocycles. The molecular formula is C28H26F3N3O3. The maximum absolute atomic E-state index is 14.1. The normalized spacial score (nSPS) is 18.1. The molecule has 0 spiro atoms. The second kappa shape index (κ2) is 10.5. The van der Waals surface area contributed by atoms with Crippen LogP contribution >= 0.6 is 0 Å². The SMILES string of the molecule is C[C@@H](C(N)=O)N(C(=O)Cc1cc(F)cc(F)c1)[C@@H]1C(=O)N(C)c2cc(F)ccc2C[C@@H]1c1ccccc1. The third kappa shape index (κ3) is 5.35. The average molecular weight is 510 g/mol. The summed E-state index contributed by atoms with van der Waals surface area (Å²) in [5.41, 5.74) is 7.39. The van der Waals surface area contributed by atoms with Gasteiger partial charge in [0, 0.05) is 24.7 Å². The molecule has 0 fully saturated rings. The Labute approximate surface area is 212 Å². The van der Waals surface area contributed by atoms with Gasteiger partial charge in [-0.3, -0.25) is 14.4 Å². The summed E-state index contributed by atoms with van der Waals surface area (Å²) in [5, 5.41) is 0. The highest BCUT2D eigenvalue weighted by Crippen LogP contribution is 2.37. The number of halogens is 3. The Morgan fingerprint density at radius 2 is 1.65 bits per heavy atom. The summed E-state index contributed by atoms with van der Waals surface area (Å²) in [6, 6.07) is 13.4. The van der Waals surface area contributed by atoms with Crippen LogP contribution in [0.2, 0.25) is 0 Å². The van der Waals surface area contributed by atoms with Gasteiger partial charge in [0.1, 0.15) is 29.5 Å². The van der Waals surface area contributed by atoms with Gasteiger partial charge in [-0.05, 0) is 54.3 Å². The Kier molecular flexibility index (Phi) is 7.33. The fraction of sp³-hybridized carbons (Fsp3) is 0.250. The van der Waals surface area contributed by atoms with E-state index in [0.717, 1.165) is 22.6 Å². The summed E-state index contributed by atoms with van der Waals surface area (Å²) < 4.78 is 41.8. The predicted octanol–water partition coefficient (Wildman–Crippen LogP) is 3.72. The van der Waals surface area contributed by atoms with Crippen molar-refractivity contribution in [1.82, 2.24) is 4.90 Å². The van der Waals surface area contributed by atoms with Crippen molar-refractivity contribution in [2.24, 2.45) is 5.73 Å². The van der Waals surface area contributed by atoms with Crippen molar-refractivity contribution in [3.8, 4) is 0 Å². The minimum atomic E-state index is -1.22. The van der Waals surface area contributed by atoms with Gasteiger partial charge in [0.25, 0.3) is 0 Å². The molecule has 3 atom stereocenters. The van der Waals surface area contributed by atoms with Crippen LogP contribution in [-0.2, 0) is 27.2 Å². The molecule has 9 heteroatoms. The first kappa shape index (κ1) is 25.9. The van der Waals surface area contributed by atoms with Gasteiger partial charge in [0.05, 0.1) is 6.42 Å².